The Morgan fingerprint density at radius 1 is 1.32 bits per heavy atom. The Labute approximate surface area is 131 Å². The smallest absolute Gasteiger partial charge is 0.309 e. The molecule has 1 aliphatic heterocycles. The zero-order valence-electron chi connectivity index (χ0n) is 12.9. The first-order chi connectivity index (χ1) is 10.6. The van der Waals surface area contributed by atoms with Gasteiger partial charge in [-0.05, 0) is 50.4 Å². The molecular formula is C16H21N2O3P. The highest BCUT2D eigenvalue weighted by atomic mass is 31.2. The van der Waals surface area contributed by atoms with Crippen molar-refractivity contribution in [3.05, 3.63) is 35.4 Å². The van der Waals surface area contributed by atoms with Gasteiger partial charge in [0.1, 0.15) is 0 Å². The average molecular weight is 320 g/mol. The van der Waals surface area contributed by atoms with E-state index in [0.717, 1.165) is 18.5 Å². The van der Waals surface area contributed by atoms with E-state index in [2.05, 4.69) is 11.4 Å². The molecule has 1 aromatic carbocycles. The first-order valence-electron chi connectivity index (χ1n) is 7.74. The molecule has 0 spiro atoms. The molecule has 0 radical (unpaired) electrons. The van der Waals surface area contributed by atoms with E-state index in [9.17, 15) is 4.57 Å². The number of piperidine rings is 1. The van der Waals surface area contributed by atoms with E-state index in [1.165, 1.54) is 0 Å². The molecule has 5 nitrogen and oxygen atoms in total. The predicted octanol–water partition coefficient (Wildman–Crippen LogP) is 3.23. The molecular weight excluding hydrogens is 299 g/mol. The highest BCUT2D eigenvalue weighted by Gasteiger charge is 2.74. The van der Waals surface area contributed by atoms with Crippen LogP contribution < -0.4 is 5.32 Å². The number of hydrogen-bond donors (Lipinski definition) is 1. The topological polar surface area (TPSA) is 71.3 Å². The monoisotopic (exact) mass is 320 g/mol. The number of rotatable bonds is 6. The molecule has 6 heteroatoms. The summed E-state index contributed by atoms with van der Waals surface area (Å²) in [4.78, 5) is 0. The Hall–Kier alpha value is -1.18. The van der Waals surface area contributed by atoms with Gasteiger partial charge >= 0.3 is 7.60 Å². The van der Waals surface area contributed by atoms with Crippen LogP contribution in [0.1, 0.15) is 37.4 Å². The zero-order valence-corrected chi connectivity index (χ0v) is 13.8. The van der Waals surface area contributed by atoms with E-state index in [4.69, 9.17) is 14.3 Å². The number of nitrogens with one attached hydrogen (secondary N) is 1. The van der Waals surface area contributed by atoms with Gasteiger partial charge in [0.05, 0.1) is 30.0 Å². The molecule has 3 unspecified atom stereocenters. The minimum absolute atomic E-state index is 0.0471. The van der Waals surface area contributed by atoms with Crippen molar-refractivity contribution in [3.8, 4) is 6.07 Å². The van der Waals surface area contributed by atoms with Gasteiger partial charge in [-0.2, -0.15) is 5.26 Å². The van der Waals surface area contributed by atoms with Crippen LogP contribution in [0.5, 0.6) is 0 Å². The van der Waals surface area contributed by atoms with Crippen LogP contribution >= 0.6 is 7.60 Å². The summed E-state index contributed by atoms with van der Waals surface area (Å²) >= 11 is 0. The molecule has 3 atom stereocenters. The lowest BCUT2D eigenvalue weighted by molar-refractivity contribution is 0.204. The summed E-state index contributed by atoms with van der Waals surface area (Å²) in [7, 11) is -3.17. The summed E-state index contributed by atoms with van der Waals surface area (Å²) in [6.07, 6.45) is 0.863. The van der Waals surface area contributed by atoms with Crippen LogP contribution in [-0.4, -0.2) is 24.9 Å². The molecule has 0 aromatic heterocycles. The second kappa shape index (κ2) is 5.79. The van der Waals surface area contributed by atoms with Crippen LogP contribution in [0.25, 0.3) is 0 Å². The largest absolute Gasteiger partial charge is 0.338 e. The molecule has 1 aliphatic carbocycles. The molecule has 3 rings (SSSR count). The standard InChI is InChI=1S/C16H21N2O3P/c1-3-20-22(19,21-4-2)16-9-14(16)11-18-15(16)13-7-5-12(10-17)6-8-13/h5-8,14-15,18H,3-4,9,11H2,1-2H3. The lowest BCUT2D eigenvalue weighted by Crippen LogP contribution is -2.29. The van der Waals surface area contributed by atoms with E-state index in [1.807, 2.05) is 26.0 Å². The highest BCUT2D eigenvalue weighted by molar-refractivity contribution is 7.56. The van der Waals surface area contributed by atoms with E-state index in [1.54, 1.807) is 12.1 Å². The van der Waals surface area contributed by atoms with E-state index < -0.39 is 12.8 Å². The molecule has 118 valence electrons. The van der Waals surface area contributed by atoms with Crippen molar-refractivity contribution in [1.29, 1.82) is 5.26 Å². The van der Waals surface area contributed by atoms with Crippen LogP contribution in [0, 0.1) is 17.2 Å². The van der Waals surface area contributed by atoms with Crippen molar-refractivity contribution >= 4 is 7.60 Å². The van der Waals surface area contributed by atoms with Gasteiger partial charge in [0.25, 0.3) is 0 Å². The van der Waals surface area contributed by atoms with Crippen molar-refractivity contribution in [3.63, 3.8) is 0 Å². The Bertz CT molecular complexity index is 630. The van der Waals surface area contributed by atoms with E-state index >= 15 is 0 Å². The molecule has 1 N–H and O–H groups in total. The fraction of sp³-hybridized carbons (Fsp3) is 0.562. The third-order valence-corrected chi connectivity index (χ3v) is 7.69. The lowest BCUT2D eigenvalue weighted by Gasteiger charge is -2.31. The summed E-state index contributed by atoms with van der Waals surface area (Å²) in [6, 6.07) is 9.53. The molecule has 2 fully saturated rings. The normalized spacial score (nSPS) is 29.9. The minimum atomic E-state index is -3.17. The fourth-order valence-corrected chi connectivity index (χ4v) is 6.42. The third kappa shape index (κ3) is 2.23. The Balaban J connectivity index is 1.95. The second-order valence-corrected chi connectivity index (χ2v) is 8.14. The first-order valence-corrected chi connectivity index (χ1v) is 9.28. The van der Waals surface area contributed by atoms with Gasteiger partial charge in [-0.25, -0.2) is 0 Å². The van der Waals surface area contributed by atoms with Crippen molar-refractivity contribution in [2.45, 2.75) is 31.5 Å². The predicted molar refractivity (Wildman–Crippen MR) is 83.6 cm³/mol. The van der Waals surface area contributed by atoms with Crippen LogP contribution in [0.15, 0.2) is 24.3 Å². The molecule has 0 amide bonds. The molecule has 2 aliphatic rings. The Kier molecular flexibility index (Phi) is 4.13. The van der Waals surface area contributed by atoms with Gasteiger partial charge in [-0.1, -0.05) is 12.1 Å². The van der Waals surface area contributed by atoms with Crippen molar-refractivity contribution in [2.24, 2.45) is 5.92 Å². The number of nitriles is 1. The van der Waals surface area contributed by atoms with Gasteiger partial charge in [0, 0.05) is 6.04 Å². The minimum Gasteiger partial charge on any atom is -0.309 e. The first kappa shape index (κ1) is 15.7. The summed E-state index contributed by atoms with van der Waals surface area (Å²) in [5, 5.41) is 11.9. The van der Waals surface area contributed by atoms with Crippen molar-refractivity contribution in [2.75, 3.05) is 19.8 Å². The van der Waals surface area contributed by atoms with Gasteiger partial charge in [0.15, 0.2) is 0 Å². The van der Waals surface area contributed by atoms with Crippen LogP contribution in [0.3, 0.4) is 0 Å². The number of hydrogen-bond acceptors (Lipinski definition) is 5. The summed E-state index contributed by atoms with van der Waals surface area (Å²) in [6.45, 7) is 5.28. The van der Waals surface area contributed by atoms with Crippen LogP contribution in [-0.2, 0) is 13.6 Å². The van der Waals surface area contributed by atoms with Crippen molar-refractivity contribution < 1.29 is 13.6 Å². The summed E-state index contributed by atoms with van der Waals surface area (Å²) in [5.74, 6) is 0.331. The number of fused-ring (bicyclic) bond motifs is 1. The van der Waals surface area contributed by atoms with Gasteiger partial charge < -0.3 is 14.4 Å². The van der Waals surface area contributed by atoms with Crippen LogP contribution in [0.4, 0.5) is 0 Å². The maximum absolute atomic E-state index is 13.3. The Morgan fingerprint density at radius 3 is 2.45 bits per heavy atom. The Morgan fingerprint density at radius 2 is 1.95 bits per heavy atom. The molecule has 1 saturated carbocycles. The fourth-order valence-electron chi connectivity index (χ4n) is 3.64. The number of nitrogens with zero attached hydrogens (tertiary/aromatic N) is 1. The maximum atomic E-state index is 13.3. The summed E-state index contributed by atoms with van der Waals surface area (Å²) in [5.41, 5.74) is 1.67. The maximum Gasteiger partial charge on any atom is 0.338 e. The van der Waals surface area contributed by atoms with Gasteiger partial charge in [0.2, 0.25) is 0 Å². The molecule has 1 aromatic rings. The van der Waals surface area contributed by atoms with E-state index in [0.29, 0.717) is 24.7 Å². The molecule has 22 heavy (non-hydrogen) atoms. The lowest BCUT2D eigenvalue weighted by atomic mass is 10.0. The SMILES string of the molecule is CCOP(=O)(OCC)C12CC1CNC2c1ccc(C#N)cc1. The third-order valence-electron chi connectivity index (χ3n) is 4.67. The van der Waals surface area contributed by atoms with Crippen LogP contribution in [0.2, 0.25) is 0 Å². The summed E-state index contributed by atoms with van der Waals surface area (Å²) < 4.78 is 24.6. The van der Waals surface area contributed by atoms with Crippen molar-refractivity contribution in [1.82, 2.24) is 5.32 Å². The molecule has 1 heterocycles. The zero-order chi connectivity index (χ0) is 15.8. The highest BCUT2D eigenvalue weighted by Crippen LogP contribution is 2.79. The number of benzene rings is 1. The molecule has 0 bridgehead atoms. The molecule has 1 saturated heterocycles. The quantitative estimate of drug-likeness (QED) is 0.815. The van der Waals surface area contributed by atoms with Gasteiger partial charge in [-0.3, -0.25) is 4.57 Å². The van der Waals surface area contributed by atoms with E-state index in [-0.39, 0.29) is 6.04 Å². The van der Waals surface area contributed by atoms with Gasteiger partial charge in [-0.15, -0.1) is 0 Å². The average Bonchev–Trinajstić information content (AvgIpc) is 3.15. The second-order valence-electron chi connectivity index (χ2n) is 5.80.